The summed E-state index contributed by atoms with van der Waals surface area (Å²) in [5, 5.41) is 0. The lowest BCUT2D eigenvalue weighted by Gasteiger charge is -2.05. The molecule has 8 heteroatoms. The van der Waals surface area contributed by atoms with Crippen LogP contribution in [-0.4, -0.2) is 24.5 Å². The molecule has 0 unspecified atom stereocenters. The molecule has 0 aliphatic heterocycles. The molecule has 0 aromatic carbocycles. The van der Waals surface area contributed by atoms with Crippen LogP contribution in [0.15, 0.2) is 38.7 Å². The second-order valence-corrected chi connectivity index (χ2v) is 4.65. The van der Waals surface area contributed by atoms with Gasteiger partial charge < -0.3 is 8.98 Å². The Balaban J connectivity index is 2.15. The van der Waals surface area contributed by atoms with Gasteiger partial charge in [-0.2, -0.15) is 0 Å². The van der Waals surface area contributed by atoms with E-state index in [2.05, 4.69) is 4.98 Å². The third-order valence-corrected chi connectivity index (χ3v) is 3.33. The molecule has 0 saturated carbocycles. The van der Waals surface area contributed by atoms with E-state index in [0.717, 1.165) is 4.57 Å². The van der Waals surface area contributed by atoms with Gasteiger partial charge in [-0.25, -0.2) is 9.78 Å². The van der Waals surface area contributed by atoms with Crippen molar-refractivity contribution < 1.29 is 9.21 Å². The molecule has 0 saturated heterocycles. The Kier molecular flexibility index (Phi) is 2.86. The summed E-state index contributed by atoms with van der Waals surface area (Å²) in [5.41, 5.74) is -0.497. The fourth-order valence-corrected chi connectivity index (χ4v) is 2.19. The highest BCUT2D eigenvalue weighted by Crippen LogP contribution is 2.08. The quantitative estimate of drug-likeness (QED) is 0.628. The first-order valence-electron chi connectivity index (χ1n) is 6.18. The number of Topliss-reactive ketones (excluding diaryl/α,β-unsaturated/α-hetero) is 1. The van der Waals surface area contributed by atoms with Crippen molar-refractivity contribution in [2.24, 2.45) is 14.1 Å². The Hall–Kier alpha value is -2.90. The highest BCUT2D eigenvalue weighted by molar-refractivity contribution is 5.93. The van der Waals surface area contributed by atoms with Crippen molar-refractivity contribution in [1.29, 1.82) is 0 Å². The zero-order chi connectivity index (χ0) is 15.1. The van der Waals surface area contributed by atoms with E-state index < -0.39 is 11.2 Å². The number of furan rings is 1. The van der Waals surface area contributed by atoms with Crippen LogP contribution in [0, 0.1) is 0 Å². The average molecular weight is 288 g/mol. The van der Waals surface area contributed by atoms with Gasteiger partial charge in [-0.3, -0.25) is 18.7 Å². The summed E-state index contributed by atoms with van der Waals surface area (Å²) in [7, 11) is 2.91. The maximum absolute atomic E-state index is 12.2. The molecule has 0 amide bonds. The van der Waals surface area contributed by atoms with Gasteiger partial charge in [0.2, 0.25) is 5.78 Å². The molecule has 0 radical (unpaired) electrons. The molecule has 3 aromatic rings. The Morgan fingerprint density at radius 2 is 2.05 bits per heavy atom. The summed E-state index contributed by atoms with van der Waals surface area (Å²) < 4.78 is 8.70. The van der Waals surface area contributed by atoms with Gasteiger partial charge in [0.15, 0.2) is 16.9 Å². The number of fused-ring (bicyclic) bond motifs is 1. The summed E-state index contributed by atoms with van der Waals surface area (Å²) in [4.78, 5) is 40.1. The summed E-state index contributed by atoms with van der Waals surface area (Å²) in [6, 6.07) is 3.16. The monoisotopic (exact) mass is 288 g/mol. The summed E-state index contributed by atoms with van der Waals surface area (Å²) in [5.74, 6) is -0.0753. The van der Waals surface area contributed by atoms with Crippen LogP contribution in [0.4, 0.5) is 0 Å². The van der Waals surface area contributed by atoms with E-state index in [0.29, 0.717) is 0 Å². The van der Waals surface area contributed by atoms with Gasteiger partial charge in [0.25, 0.3) is 5.56 Å². The highest BCUT2D eigenvalue weighted by atomic mass is 16.3. The van der Waals surface area contributed by atoms with Crippen LogP contribution < -0.4 is 11.2 Å². The predicted molar refractivity (Wildman–Crippen MR) is 73.3 cm³/mol. The number of hydrogen-bond donors (Lipinski definition) is 0. The fourth-order valence-electron chi connectivity index (χ4n) is 2.19. The third kappa shape index (κ3) is 1.92. The molecule has 0 aliphatic carbocycles. The van der Waals surface area contributed by atoms with Crippen LogP contribution in [0.5, 0.6) is 0 Å². The molecule has 0 aliphatic rings. The second kappa shape index (κ2) is 4.58. The minimum atomic E-state index is -0.488. The first-order chi connectivity index (χ1) is 10.0. The molecule has 8 nitrogen and oxygen atoms in total. The number of hydrogen-bond acceptors (Lipinski definition) is 5. The third-order valence-electron chi connectivity index (χ3n) is 3.33. The first kappa shape index (κ1) is 13.1. The fraction of sp³-hybridized carbons (Fsp3) is 0.231. The maximum Gasteiger partial charge on any atom is 0.332 e. The summed E-state index contributed by atoms with van der Waals surface area (Å²) >= 11 is 0. The van der Waals surface area contributed by atoms with Gasteiger partial charge in [0.1, 0.15) is 0 Å². The number of imidazole rings is 1. The van der Waals surface area contributed by atoms with E-state index in [4.69, 9.17) is 4.42 Å². The minimum Gasteiger partial charge on any atom is -0.461 e. The normalized spacial score (nSPS) is 11.1. The molecule has 21 heavy (non-hydrogen) atoms. The van der Waals surface area contributed by atoms with Crippen LogP contribution in [-0.2, 0) is 20.6 Å². The minimum absolute atomic E-state index is 0.0859. The van der Waals surface area contributed by atoms with E-state index in [1.54, 1.807) is 12.1 Å². The zero-order valence-corrected chi connectivity index (χ0v) is 11.4. The lowest BCUT2D eigenvalue weighted by Crippen LogP contribution is -2.37. The van der Waals surface area contributed by atoms with Crippen molar-refractivity contribution in [1.82, 2.24) is 18.7 Å². The molecule has 0 N–H and O–H groups in total. The Morgan fingerprint density at radius 1 is 1.29 bits per heavy atom. The van der Waals surface area contributed by atoms with Crippen LogP contribution in [0.2, 0.25) is 0 Å². The SMILES string of the molecule is Cn1c(=O)c2c(ncn2CC(=O)c2ccco2)n(C)c1=O. The number of rotatable bonds is 3. The number of carbonyl (C=O) groups is 1. The molecular weight excluding hydrogens is 276 g/mol. The Bertz CT molecular complexity index is 943. The topological polar surface area (TPSA) is 92.0 Å². The predicted octanol–water partition coefficient (Wildman–Crippen LogP) is -0.0904. The highest BCUT2D eigenvalue weighted by Gasteiger charge is 2.17. The van der Waals surface area contributed by atoms with E-state index in [-0.39, 0.29) is 29.3 Å². The molecular formula is C13H12N4O4. The largest absolute Gasteiger partial charge is 0.461 e. The van der Waals surface area contributed by atoms with Gasteiger partial charge in [0.05, 0.1) is 19.1 Å². The number of ketones is 1. The van der Waals surface area contributed by atoms with Crippen molar-refractivity contribution in [3.8, 4) is 0 Å². The van der Waals surface area contributed by atoms with E-state index >= 15 is 0 Å². The Morgan fingerprint density at radius 3 is 2.71 bits per heavy atom. The van der Waals surface area contributed by atoms with Crippen LogP contribution in [0.25, 0.3) is 11.2 Å². The van der Waals surface area contributed by atoms with Crippen molar-refractivity contribution in [3.05, 3.63) is 51.3 Å². The first-order valence-corrected chi connectivity index (χ1v) is 6.18. The molecule has 3 aromatic heterocycles. The van der Waals surface area contributed by atoms with Crippen molar-refractivity contribution >= 4 is 16.9 Å². The van der Waals surface area contributed by atoms with Gasteiger partial charge in [-0.05, 0) is 12.1 Å². The molecule has 108 valence electrons. The number of nitrogens with zero attached hydrogens (tertiary/aromatic N) is 4. The number of carbonyl (C=O) groups excluding carboxylic acids is 1. The van der Waals surface area contributed by atoms with E-state index in [9.17, 15) is 14.4 Å². The standard InChI is InChI=1S/C13H12N4O4/c1-15-11-10(12(19)16(2)13(15)20)17(7-14-11)6-8(18)9-4-3-5-21-9/h3-5,7H,6H2,1-2H3. The molecule has 0 atom stereocenters. The van der Waals surface area contributed by atoms with E-state index in [1.807, 2.05) is 0 Å². The second-order valence-electron chi connectivity index (χ2n) is 4.65. The smallest absolute Gasteiger partial charge is 0.332 e. The van der Waals surface area contributed by atoms with Gasteiger partial charge in [-0.15, -0.1) is 0 Å². The summed E-state index contributed by atoms with van der Waals surface area (Å²) in [6.45, 7) is -0.0859. The van der Waals surface area contributed by atoms with Gasteiger partial charge in [0, 0.05) is 14.1 Å². The van der Waals surface area contributed by atoms with Crippen LogP contribution in [0.3, 0.4) is 0 Å². The van der Waals surface area contributed by atoms with Crippen LogP contribution >= 0.6 is 0 Å². The van der Waals surface area contributed by atoms with Crippen molar-refractivity contribution in [2.75, 3.05) is 0 Å². The van der Waals surface area contributed by atoms with E-state index in [1.165, 1.54) is 35.8 Å². The molecule has 0 bridgehead atoms. The average Bonchev–Trinajstić information content (AvgIpc) is 3.12. The lowest BCUT2D eigenvalue weighted by atomic mass is 10.3. The summed E-state index contributed by atoms with van der Waals surface area (Å²) in [6.07, 6.45) is 2.77. The molecule has 0 spiro atoms. The van der Waals surface area contributed by atoms with Gasteiger partial charge >= 0.3 is 5.69 Å². The molecule has 3 heterocycles. The van der Waals surface area contributed by atoms with Gasteiger partial charge in [-0.1, -0.05) is 0 Å². The lowest BCUT2D eigenvalue weighted by molar-refractivity contribution is 0.0946. The number of aryl methyl sites for hydroxylation is 1. The van der Waals surface area contributed by atoms with Crippen molar-refractivity contribution in [3.63, 3.8) is 0 Å². The Labute approximate surface area is 117 Å². The zero-order valence-electron chi connectivity index (χ0n) is 11.4. The van der Waals surface area contributed by atoms with Crippen molar-refractivity contribution in [2.45, 2.75) is 6.54 Å². The molecule has 0 fully saturated rings. The number of aromatic nitrogens is 4. The molecule has 3 rings (SSSR count). The maximum atomic E-state index is 12.2. The van der Waals surface area contributed by atoms with Crippen LogP contribution in [0.1, 0.15) is 10.6 Å².